The molecule has 2 aromatic rings. The summed E-state index contributed by atoms with van der Waals surface area (Å²) in [5, 5.41) is 0.958. The largest absolute Gasteiger partial charge is 0.368 e. The first-order valence-electron chi connectivity index (χ1n) is 7.60. The number of carbonyl (C=O) groups is 1. The van der Waals surface area contributed by atoms with Crippen LogP contribution in [0.1, 0.15) is 25.9 Å². The summed E-state index contributed by atoms with van der Waals surface area (Å²) in [5.41, 5.74) is 3.42. The van der Waals surface area contributed by atoms with Crippen LogP contribution in [0.4, 0.5) is 5.69 Å². The van der Waals surface area contributed by atoms with Gasteiger partial charge in [0.1, 0.15) is 4.88 Å². The molecule has 1 aromatic heterocycles. The Labute approximate surface area is 135 Å². The lowest BCUT2D eigenvalue weighted by molar-refractivity contribution is 0.0750. The maximum absolute atomic E-state index is 12.6. The lowest BCUT2D eigenvalue weighted by Crippen LogP contribution is -2.49. The number of aromatic nitrogens is 1. The van der Waals surface area contributed by atoms with Crippen molar-refractivity contribution >= 4 is 22.9 Å². The fraction of sp³-hybridized carbons (Fsp3) is 0.412. The molecule has 0 N–H and O–H groups in total. The van der Waals surface area contributed by atoms with Crippen LogP contribution < -0.4 is 4.90 Å². The van der Waals surface area contributed by atoms with Gasteiger partial charge in [0.15, 0.2) is 0 Å². The van der Waals surface area contributed by atoms with E-state index in [0.717, 1.165) is 41.8 Å². The Morgan fingerprint density at radius 1 is 1.09 bits per heavy atom. The predicted molar refractivity (Wildman–Crippen MR) is 90.9 cm³/mol. The van der Waals surface area contributed by atoms with Gasteiger partial charge in [0.05, 0.1) is 10.7 Å². The van der Waals surface area contributed by atoms with Crippen LogP contribution in [0.15, 0.2) is 24.3 Å². The van der Waals surface area contributed by atoms with E-state index in [9.17, 15) is 4.79 Å². The number of hydrogen-bond acceptors (Lipinski definition) is 4. The number of hydrogen-bond donors (Lipinski definition) is 0. The Morgan fingerprint density at radius 3 is 2.36 bits per heavy atom. The van der Waals surface area contributed by atoms with Gasteiger partial charge in [-0.15, -0.1) is 11.3 Å². The minimum absolute atomic E-state index is 0.132. The molecule has 116 valence electrons. The minimum Gasteiger partial charge on any atom is -0.368 e. The zero-order valence-corrected chi connectivity index (χ0v) is 14.1. The first-order valence-corrected chi connectivity index (χ1v) is 8.42. The third-order valence-electron chi connectivity index (χ3n) is 4.12. The van der Waals surface area contributed by atoms with Crippen molar-refractivity contribution in [2.24, 2.45) is 0 Å². The molecule has 1 saturated heterocycles. The van der Waals surface area contributed by atoms with Crippen molar-refractivity contribution in [2.45, 2.75) is 20.8 Å². The Bertz CT molecular complexity index is 687. The molecule has 1 aromatic carbocycles. The van der Waals surface area contributed by atoms with Crippen LogP contribution in [-0.4, -0.2) is 42.0 Å². The molecule has 1 aliphatic rings. The molecule has 1 fully saturated rings. The zero-order valence-electron chi connectivity index (χ0n) is 13.3. The van der Waals surface area contributed by atoms with Gasteiger partial charge < -0.3 is 9.80 Å². The van der Waals surface area contributed by atoms with Crippen molar-refractivity contribution in [1.82, 2.24) is 9.88 Å². The molecule has 0 atom stereocenters. The van der Waals surface area contributed by atoms with E-state index in [1.165, 1.54) is 22.6 Å². The summed E-state index contributed by atoms with van der Waals surface area (Å²) >= 11 is 1.50. The van der Waals surface area contributed by atoms with Crippen LogP contribution in [0.5, 0.6) is 0 Å². The van der Waals surface area contributed by atoms with E-state index in [-0.39, 0.29) is 5.91 Å². The number of nitrogens with zero attached hydrogens (tertiary/aromatic N) is 3. The maximum Gasteiger partial charge on any atom is 0.265 e. The minimum atomic E-state index is 0.132. The fourth-order valence-electron chi connectivity index (χ4n) is 2.94. The summed E-state index contributed by atoms with van der Waals surface area (Å²) in [4.78, 5) is 22.1. The zero-order chi connectivity index (χ0) is 15.7. The molecule has 1 aliphatic heterocycles. The van der Waals surface area contributed by atoms with Gasteiger partial charge >= 0.3 is 0 Å². The summed E-state index contributed by atoms with van der Waals surface area (Å²) < 4.78 is 0. The number of thiazole rings is 1. The van der Waals surface area contributed by atoms with Crippen molar-refractivity contribution in [3.8, 4) is 0 Å². The SMILES string of the molecule is Cc1nc(C)c(C(=O)N2CCN(c3ccccc3C)CC2)s1. The second-order valence-electron chi connectivity index (χ2n) is 5.71. The molecule has 0 unspecified atom stereocenters. The number of piperazine rings is 1. The molecule has 3 rings (SSSR count). The molecule has 5 heteroatoms. The standard InChI is InChI=1S/C17H21N3OS/c1-12-6-4-5-7-15(12)19-8-10-20(11-9-19)17(21)16-13(2)18-14(3)22-16/h4-7H,8-11H2,1-3H3. The van der Waals surface area contributed by atoms with E-state index in [1.54, 1.807) is 0 Å². The van der Waals surface area contributed by atoms with Gasteiger partial charge in [-0.3, -0.25) is 4.79 Å². The Morgan fingerprint density at radius 2 is 1.77 bits per heavy atom. The Hall–Kier alpha value is -1.88. The first-order chi connectivity index (χ1) is 10.6. The van der Waals surface area contributed by atoms with Gasteiger partial charge in [-0.1, -0.05) is 18.2 Å². The van der Waals surface area contributed by atoms with Gasteiger partial charge in [0, 0.05) is 31.9 Å². The van der Waals surface area contributed by atoms with Crippen LogP contribution in [0.2, 0.25) is 0 Å². The van der Waals surface area contributed by atoms with Gasteiger partial charge in [0.2, 0.25) is 0 Å². The average molecular weight is 315 g/mol. The molecule has 0 bridgehead atoms. The predicted octanol–water partition coefficient (Wildman–Crippen LogP) is 3.03. The van der Waals surface area contributed by atoms with Crippen molar-refractivity contribution in [3.05, 3.63) is 45.4 Å². The monoisotopic (exact) mass is 315 g/mol. The summed E-state index contributed by atoms with van der Waals surface area (Å²) in [5.74, 6) is 0.132. The van der Waals surface area contributed by atoms with Crippen molar-refractivity contribution in [1.29, 1.82) is 0 Å². The number of para-hydroxylation sites is 1. The van der Waals surface area contributed by atoms with Gasteiger partial charge in [-0.05, 0) is 32.4 Å². The second kappa shape index (κ2) is 6.08. The Kier molecular flexibility index (Phi) is 4.16. The molecule has 1 amide bonds. The third kappa shape index (κ3) is 2.86. The molecule has 2 heterocycles. The lowest BCUT2D eigenvalue weighted by Gasteiger charge is -2.36. The second-order valence-corrected chi connectivity index (χ2v) is 6.92. The van der Waals surface area contributed by atoms with Gasteiger partial charge in [-0.2, -0.15) is 0 Å². The van der Waals surface area contributed by atoms with Crippen molar-refractivity contribution in [2.75, 3.05) is 31.1 Å². The molecule has 0 aliphatic carbocycles. The third-order valence-corrected chi connectivity index (χ3v) is 5.18. The fourth-order valence-corrected chi connectivity index (χ4v) is 3.83. The quantitative estimate of drug-likeness (QED) is 0.855. The smallest absolute Gasteiger partial charge is 0.265 e. The van der Waals surface area contributed by atoms with Crippen LogP contribution in [-0.2, 0) is 0 Å². The van der Waals surface area contributed by atoms with E-state index >= 15 is 0 Å². The Balaban J connectivity index is 1.68. The van der Waals surface area contributed by atoms with E-state index in [0.29, 0.717) is 0 Å². The maximum atomic E-state index is 12.6. The van der Waals surface area contributed by atoms with E-state index in [2.05, 4.69) is 41.1 Å². The average Bonchev–Trinajstić information content (AvgIpc) is 2.86. The summed E-state index contributed by atoms with van der Waals surface area (Å²) in [6.07, 6.45) is 0. The highest BCUT2D eigenvalue weighted by molar-refractivity contribution is 7.13. The highest BCUT2D eigenvalue weighted by Gasteiger charge is 2.25. The molecule has 0 spiro atoms. The molecular formula is C17H21N3OS. The number of anilines is 1. The molecule has 4 nitrogen and oxygen atoms in total. The summed E-state index contributed by atoms with van der Waals surface area (Å²) in [6, 6.07) is 8.43. The highest BCUT2D eigenvalue weighted by atomic mass is 32.1. The first kappa shape index (κ1) is 15.0. The lowest BCUT2D eigenvalue weighted by atomic mass is 10.1. The van der Waals surface area contributed by atoms with Gasteiger partial charge in [0.25, 0.3) is 5.91 Å². The highest BCUT2D eigenvalue weighted by Crippen LogP contribution is 2.23. The van der Waals surface area contributed by atoms with Gasteiger partial charge in [-0.25, -0.2) is 4.98 Å². The molecule has 0 radical (unpaired) electrons. The molecule has 22 heavy (non-hydrogen) atoms. The number of aryl methyl sites for hydroxylation is 3. The van der Waals surface area contributed by atoms with Crippen molar-refractivity contribution in [3.63, 3.8) is 0 Å². The van der Waals surface area contributed by atoms with E-state index in [4.69, 9.17) is 0 Å². The van der Waals surface area contributed by atoms with Crippen LogP contribution in [0, 0.1) is 20.8 Å². The van der Waals surface area contributed by atoms with Crippen LogP contribution in [0.25, 0.3) is 0 Å². The van der Waals surface area contributed by atoms with Crippen LogP contribution in [0.3, 0.4) is 0 Å². The number of rotatable bonds is 2. The number of carbonyl (C=O) groups excluding carboxylic acids is 1. The molecule has 0 saturated carbocycles. The number of benzene rings is 1. The number of amides is 1. The van der Waals surface area contributed by atoms with Crippen molar-refractivity contribution < 1.29 is 4.79 Å². The van der Waals surface area contributed by atoms with Crippen LogP contribution >= 0.6 is 11.3 Å². The topological polar surface area (TPSA) is 36.4 Å². The summed E-state index contributed by atoms with van der Waals surface area (Å²) in [7, 11) is 0. The van der Waals surface area contributed by atoms with E-state index in [1.807, 2.05) is 18.7 Å². The summed E-state index contributed by atoms with van der Waals surface area (Å²) in [6.45, 7) is 9.30. The van der Waals surface area contributed by atoms with E-state index < -0.39 is 0 Å². The normalized spacial score (nSPS) is 15.2. The molecular weight excluding hydrogens is 294 g/mol.